The van der Waals surface area contributed by atoms with Crippen molar-refractivity contribution in [3.05, 3.63) is 58.1 Å². The molecular weight excluding hydrogens is 403 g/mol. The first kappa shape index (κ1) is 20.1. The maximum atomic E-state index is 11.7. The fourth-order valence-electron chi connectivity index (χ4n) is 2.88. The fraction of sp³-hybridized carbons (Fsp3) is 0.190. The van der Waals surface area contributed by atoms with E-state index in [2.05, 4.69) is 0 Å². The number of methoxy groups -OCH3 is 2. The van der Waals surface area contributed by atoms with Crippen LogP contribution in [0.3, 0.4) is 0 Å². The molecule has 0 aliphatic rings. The molecule has 0 saturated carbocycles. The van der Waals surface area contributed by atoms with Gasteiger partial charge in [0, 0.05) is 17.3 Å². The van der Waals surface area contributed by atoms with Gasteiger partial charge in [-0.3, -0.25) is 4.79 Å². The lowest BCUT2D eigenvalue weighted by Crippen LogP contribution is -2.07. The lowest BCUT2D eigenvalue weighted by atomic mass is 10.1. The molecule has 3 aromatic carbocycles. The highest BCUT2D eigenvalue weighted by Gasteiger charge is 2.26. The summed E-state index contributed by atoms with van der Waals surface area (Å²) >= 11 is 12.4. The highest BCUT2D eigenvalue weighted by molar-refractivity contribution is 6.36. The van der Waals surface area contributed by atoms with Crippen molar-refractivity contribution in [1.82, 2.24) is 0 Å². The number of carbonyl (C=O) groups is 1. The van der Waals surface area contributed by atoms with Crippen LogP contribution >= 0.6 is 23.2 Å². The van der Waals surface area contributed by atoms with Gasteiger partial charge in [0.25, 0.3) is 0 Å². The molecule has 0 aromatic heterocycles. The van der Waals surface area contributed by atoms with Gasteiger partial charge in [-0.15, -0.1) is 0 Å². The van der Waals surface area contributed by atoms with Gasteiger partial charge < -0.3 is 18.9 Å². The number of rotatable bonds is 6. The smallest absolute Gasteiger partial charge is 0.308 e. The highest BCUT2D eigenvalue weighted by atomic mass is 35.5. The summed E-state index contributed by atoms with van der Waals surface area (Å²) in [5.41, 5.74) is 0.921. The minimum atomic E-state index is -0.503. The van der Waals surface area contributed by atoms with Crippen LogP contribution < -0.4 is 18.9 Å². The number of ether oxygens (including phenoxy) is 4. The Kier molecular flexibility index (Phi) is 6.17. The molecule has 0 amide bonds. The van der Waals surface area contributed by atoms with Crippen molar-refractivity contribution < 1.29 is 23.7 Å². The predicted octanol–water partition coefficient (Wildman–Crippen LogP) is 5.67. The monoisotopic (exact) mass is 420 g/mol. The largest absolute Gasteiger partial charge is 0.490 e. The number of fused-ring (bicyclic) bond motifs is 1. The van der Waals surface area contributed by atoms with Crippen LogP contribution in [0.5, 0.6) is 23.0 Å². The van der Waals surface area contributed by atoms with Crippen LogP contribution in [0.15, 0.2) is 42.5 Å². The third-order valence-electron chi connectivity index (χ3n) is 4.05. The topological polar surface area (TPSA) is 54.0 Å². The van der Waals surface area contributed by atoms with Gasteiger partial charge in [-0.25, -0.2) is 0 Å². The third-order valence-corrected chi connectivity index (χ3v) is 4.62. The Morgan fingerprint density at radius 1 is 0.893 bits per heavy atom. The SMILES string of the molecule is COc1c(OC)c(OC(C)=O)c2c(Cl)cccc2c1OCc1ccc(Cl)cc1. The predicted molar refractivity (Wildman–Crippen MR) is 109 cm³/mol. The normalized spacial score (nSPS) is 10.6. The summed E-state index contributed by atoms with van der Waals surface area (Å²) in [7, 11) is 2.94. The quantitative estimate of drug-likeness (QED) is 0.379. The number of esters is 1. The molecule has 7 heteroatoms. The number of carbonyl (C=O) groups excluding carboxylic acids is 1. The van der Waals surface area contributed by atoms with Crippen LogP contribution in [0.1, 0.15) is 12.5 Å². The summed E-state index contributed by atoms with van der Waals surface area (Å²) in [6.07, 6.45) is 0. The van der Waals surface area contributed by atoms with Crippen molar-refractivity contribution >= 4 is 39.9 Å². The first-order valence-electron chi connectivity index (χ1n) is 8.38. The van der Waals surface area contributed by atoms with Gasteiger partial charge >= 0.3 is 5.97 Å². The lowest BCUT2D eigenvalue weighted by molar-refractivity contribution is -0.131. The van der Waals surface area contributed by atoms with Gasteiger partial charge in [-0.1, -0.05) is 47.5 Å². The standard InChI is InChI=1S/C21H18Cl2O5/c1-12(24)28-19-17-15(5-4-6-16(17)23)18(20(25-2)21(19)26-3)27-11-13-7-9-14(22)10-8-13/h4-10H,11H2,1-3H3. The zero-order chi connectivity index (χ0) is 20.3. The van der Waals surface area contributed by atoms with Gasteiger partial charge in [0.15, 0.2) is 11.5 Å². The number of hydrogen-bond acceptors (Lipinski definition) is 5. The molecule has 5 nitrogen and oxygen atoms in total. The van der Waals surface area contributed by atoms with E-state index in [1.54, 1.807) is 24.3 Å². The van der Waals surface area contributed by atoms with Crippen molar-refractivity contribution in [3.8, 4) is 23.0 Å². The summed E-state index contributed by atoms with van der Waals surface area (Å²) < 4.78 is 22.5. The molecule has 0 aliphatic carbocycles. The zero-order valence-corrected chi connectivity index (χ0v) is 17.1. The van der Waals surface area contributed by atoms with Crippen LogP contribution in [0.4, 0.5) is 0 Å². The Labute approximate surface area is 172 Å². The van der Waals surface area contributed by atoms with Crippen molar-refractivity contribution in [1.29, 1.82) is 0 Å². The van der Waals surface area contributed by atoms with E-state index in [-0.39, 0.29) is 18.1 Å². The number of benzene rings is 3. The van der Waals surface area contributed by atoms with Gasteiger partial charge in [0.1, 0.15) is 6.61 Å². The van der Waals surface area contributed by atoms with E-state index in [1.807, 2.05) is 18.2 Å². The van der Waals surface area contributed by atoms with E-state index in [1.165, 1.54) is 21.1 Å². The minimum absolute atomic E-state index is 0.186. The van der Waals surface area contributed by atoms with E-state index in [0.717, 1.165) is 5.56 Å². The molecule has 0 aliphatic heterocycles. The van der Waals surface area contributed by atoms with Gasteiger partial charge in [-0.2, -0.15) is 0 Å². The van der Waals surface area contributed by atoms with E-state index in [9.17, 15) is 4.79 Å². The maximum Gasteiger partial charge on any atom is 0.308 e. The Hall–Kier alpha value is -2.63. The molecule has 0 radical (unpaired) electrons. The molecule has 0 unspecified atom stereocenters. The lowest BCUT2D eigenvalue weighted by Gasteiger charge is -2.20. The van der Waals surface area contributed by atoms with Gasteiger partial charge in [0.2, 0.25) is 11.5 Å². The first-order chi connectivity index (χ1) is 13.5. The second-order valence-corrected chi connectivity index (χ2v) is 6.74. The average Bonchev–Trinajstić information content (AvgIpc) is 2.67. The fourth-order valence-corrected chi connectivity index (χ4v) is 3.26. The van der Waals surface area contributed by atoms with E-state index in [4.69, 9.17) is 42.1 Å². The van der Waals surface area contributed by atoms with Crippen LogP contribution in [0, 0.1) is 0 Å². The van der Waals surface area contributed by atoms with Crippen LogP contribution in [-0.4, -0.2) is 20.2 Å². The van der Waals surface area contributed by atoms with E-state index >= 15 is 0 Å². The maximum absolute atomic E-state index is 11.7. The van der Waals surface area contributed by atoms with E-state index in [0.29, 0.717) is 32.3 Å². The zero-order valence-electron chi connectivity index (χ0n) is 15.5. The van der Waals surface area contributed by atoms with Crippen LogP contribution in [-0.2, 0) is 11.4 Å². The summed E-state index contributed by atoms with van der Waals surface area (Å²) in [6, 6.07) is 12.6. The average molecular weight is 421 g/mol. The van der Waals surface area contributed by atoms with Crippen molar-refractivity contribution in [2.75, 3.05) is 14.2 Å². The summed E-state index contributed by atoms with van der Waals surface area (Å²) in [6.45, 7) is 1.57. The molecule has 28 heavy (non-hydrogen) atoms. The molecule has 0 spiro atoms. The Balaban J connectivity index is 2.19. The Morgan fingerprint density at radius 2 is 1.54 bits per heavy atom. The minimum Gasteiger partial charge on any atom is -0.490 e. The Morgan fingerprint density at radius 3 is 2.14 bits per heavy atom. The first-order valence-corrected chi connectivity index (χ1v) is 9.13. The van der Waals surface area contributed by atoms with Crippen molar-refractivity contribution in [2.45, 2.75) is 13.5 Å². The molecule has 0 heterocycles. The molecule has 146 valence electrons. The highest BCUT2D eigenvalue weighted by Crippen LogP contribution is 2.52. The summed E-state index contributed by atoms with van der Waals surface area (Å²) in [5, 5.41) is 2.18. The molecular formula is C21H18Cl2O5. The molecule has 3 aromatic rings. The van der Waals surface area contributed by atoms with Crippen LogP contribution in [0.2, 0.25) is 10.0 Å². The van der Waals surface area contributed by atoms with Crippen molar-refractivity contribution in [3.63, 3.8) is 0 Å². The summed E-state index contributed by atoms with van der Waals surface area (Å²) in [5.74, 6) is 0.650. The van der Waals surface area contributed by atoms with E-state index < -0.39 is 5.97 Å². The Bertz CT molecular complexity index is 1020. The molecule has 0 bridgehead atoms. The molecule has 0 N–H and O–H groups in total. The molecule has 0 saturated heterocycles. The number of halogens is 2. The van der Waals surface area contributed by atoms with Gasteiger partial charge in [0.05, 0.1) is 24.6 Å². The second-order valence-electron chi connectivity index (χ2n) is 5.90. The second kappa shape index (κ2) is 8.59. The van der Waals surface area contributed by atoms with Gasteiger partial charge in [-0.05, 0) is 23.8 Å². The third kappa shape index (κ3) is 3.96. The summed E-state index contributed by atoms with van der Waals surface area (Å²) in [4.78, 5) is 11.7. The molecule has 3 rings (SSSR count). The van der Waals surface area contributed by atoms with Crippen molar-refractivity contribution in [2.24, 2.45) is 0 Å². The number of hydrogen-bond donors (Lipinski definition) is 0. The van der Waals surface area contributed by atoms with Crippen LogP contribution in [0.25, 0.3) is 10.8 Å². The molecule has 0 atom stereocenters. The molecule has 0 fully saturated rings.